The molecule has 0 heterocycles. The highest BCUT2D eigenvalue weighted by Crippen LogP contribution is 2.45. The van der Waals surface area contributed by atoms with Crippen molar-refractivity contribution in [3.8, 4) is 0 Å². The fourth-order valence-electron chi connectivity index (χ4n) is 2.33. The molecule has 1 amide bonds. The summed E-state index contributed by atoms with van der Waals surface area (Å²) < 4.78 is 22.4. The first-order valence-electron chi connectivity index (χ1n) is 8.59. The molecule has 0 saturated carbocycles. The number of amides is 1. The minimum Gasteiger partial charge on any atom is -0.481 e. The van der Waals surface area contributed by atoms with E-state index in [-0.39, 0.29) is 26.0 Å². The molecule has 2 aromatic rings. The molecule has 1 unspecified atom stereocenters. The first kappa shape index (κ1) is 21.8. The van der Waals surface area contributed by atoms with Gasteiger partial charge in [0.1, 0.15) is 0 Å². The number of phosphoric acid groups is 1. The summed E-state index contributed by atoms with van der Waals surface area (Å²) in [5.41, 5.74) is 1.38. The van der Waals surface area contributed by atoms with Gasteiger partial charge in [-0.2, -0.15) is 0 Å². The fourth-order valence-corrected chi connectivity index (χ4v) is 3.20. The number of carboxylic acids is 1. The quantitative estimate of drug-likeness (QED) is 0.489. The van der Waals surface area contributed by atoms with Crippen molar-refractivity contribution in [1.82, 2.24) is 5.32 Å². The van der Waals surface area contributed by atoms with Gasteiger partial charge in [-0.05, 0) is 11.1 Å². The average Bonchev–Trinajstić information content (AvgIpc) is 2.67. The number of hydrogen-bond acceptors (Lipinski definition) is 5. The van der Waals surface area contributed by atoms with Crippen molar-refractivity contribution in [3.05, 3.63) is 71.8 Å². The number of benzene rings is 2. The van der Waals surface area contributed by atoms with Crippen LogP contribution in [0.4, 0.5) is 0 Å². The molecule has 0 aliphatic heterocycles. The van der Waals surface area contributed by atoms with Crippen LogP contribution >= 0.6 is 7.82 Å². The maximum atomic E-state index is 12.4. The summed E-state index contributed by atoms with van der Waals surface area (Å²) in [5.74, 6) is -1.76. The average molecular weight is 407 g/mol. The normalized spacial score (nSPS) is 14.0. The standard InChI is InChI=1S/C19H22NO7P/c21-18(22)11-12-20-19(23)17(13-15-7-3-1-4-8-15)27-28(24,25)26-14-16-9-5-2-6-10-16/h1-10,17H,11-14H2,(H,20,23)(H,21,22)(H,24,25)/t17-/m0/s1. The number of aliphatic carboxylic acids is 1. The molecule has 3 N–H and O–H groups in total. The Bertz CT molecular complexity index is 814. The Morgan fingerprint density at radius 1 is 1.00 bits per heavy atom. The number of carbonyl (C=O) groups is 2. The summed E-state index contributed by atoms with van der Waals surface area (Å²) in [6.45, 7) is -0.281. The monoisotopic (exact) mass is 407 g/mol. The third kappa shape index (κ3) is 8.02. The van der Waals surface area contributed by atoms with Gasteiger partial charge in [0.25, 0.3) is 0 Å². The minimum absolute atomic E-state index is 0.0268. The van der Waals surface area contributed by atoms with Crippen LogP contribution in [0.1, 0.15) is 17.5 Å². The number of phosphoric ester groups is 1. The molecule has 2 aromatic carbocycles. The molecule has 2 atom stereocenters. The van der Waals surface area contributed by atoms with Crippen molar-refractivity contribution in [2.45, 2.75) is 25.6 Å². The largest absolute Gasteiger partial charge is 0.481 e. The Hall–Kier alpha value is -2.51. The summed E-state index contributed by atoms with van der Waals surface area (Å²) in [6.07, 6.45) is -1.56. The number of hydrogen-bond donors (Lipinski definition) is 3. The highest BCUT2D eigenvalue weighted by molar-refractivity contribution is 7.47. The molecule has 0 aliphatic carbocycles. The predicted molar refractivity (Wildman–Crippen MR) is 101 cm³/mol. The van der Waals surface area contributed by atoms with E-state index < -0.39 is 25.8 Å². The van der Waals surface area contributed by atoms with Crippen LogP contribution in [-0.2, 0) is 36.2 Å². The highest BCUT2D eigenvalue weighted by Gasteiger charge is 2.31. The van der Waals surface area contributed by atoms with E-state index in [0.29, 0.717) is 11.1 Å². The Morgan fingerprint density at radius 2 is 1.57 bits per heavy atom. The maximum Gasteiger partial charge on any atom is 0.473 e. The third-order valence-corrected chi connectivity index (χ3v) is 4.67. The lowest BCUT2D eigenvalue weighted by Crippen LogP contribution is -2.38. The summed E-state index contributed by atoms with van der Waals surface area (Å²) in [7, 11) is -4.53. The molecule has 9 heteroatoms. The lowest BCUT2D eigenvalue weighted by molar-refractivity contribution is -0.137. The van der Waals surface area contributed by atoms with E-state index in [9.17, 15) is 19.0 Å². The van der Waals surface area contributed by atoms with E-state index >= 15 is 0 Å². The second kappa shape index (κ2) is 10.7. The van der Waals surface area contributed by atoms with Gasteiger partial charge < -0.3 is 15.3 Å². The number of nitrogens with one attached hydrogen (secondary N) is 1. The molecule has 28 heavy (non-hydrogen) atoms. The van der Waals surface area contributed by atoms with Crippen LogP contribution in [-0.4, -0.2) is 34.5 Å². The van der Waals surface area contributed by atoms with Gasteiger partial charge in [-0.3, -0.25) is 18.6 Å². The van der Waals surface area contributed by atoms with Crippen molar-refractivity contribution in [2.75, 3.05) is 6.54 Å². The summed E-state index contributed by atoms with van der Waals surface area (Å²) in [4.78, 5) is 33.0. The van der Waals surface area contributed by atoms with Crippen LogP contribution in [0.5, 0.6) is 0 Å². The maximum absolute atomic E-state index is 12.4. The summed E-state index contributed by atoms with van der Waals surface area (Å²) in [6, 6.07) is 17.6. The summed E-state index contributed by atoms with van der Waals surface area (Å²) in [5, 5.41) is 11.1. The van der Waals surface area contributed by atoms with Crippen molar-refractivity contribution in [3.63, 3.8) is 0 Å². The molecule has 0 aliphatic rings. The number of carbonyl (C=O) groups excluding carboxylic acids is 1. The topological polar surface area (TPSA) is 122 Å². The Kier molecular flexibility index (Phi) is 8.35. The molecule has 0 bridgehead atoms. The van der Waals surface area contributed by atoms with E-state index in [2.05, 4.69) is 5.32 Å². The first-order chi connectivity index (χ1) is 13.4. The zero-order chi connectivity index (χ0) is 20.4. The Balaban J connectivity index is 2.02. The second-order valence-electron chi connectivity index (χ2n) is 5.95. The lowest BCUT2D eigenvalue weighted by atomic mass is 10.1. The van der Waals surface area contributed by atoms with E-state index in [1.54, 1.807) is 60.7 Å². The van der Waals surface area contributed by atoms with E-state index in [0.717, 1.165) is 0 Å². The van der Waals surface area contributed by atoms with Crippen LogP contribution in [0.2, 0.25) is 0 Å². The third-order valence-electron chi connectivity index (χ3n) is 3.69. The molecule has 150 valence electrons. The number of carboxylic acid groups (broad SMARTS) is 1. The van der Waals surface area contributed by atoms with Gasteiger partial charge in [0.2, 0.25) is 5.91 Å². The van der Waals surface area contributed by atoms with Crippen molar-refractivity contribution >= 4 is 19.7 Å². The highest BCUT2D eigenvalue weighted by atomic mass is 31.2. The van der Waals surface area contributed by atoms with Gasteiger partial charge in [-0.1, -0.05) is 60.7 Å². The van der Waals surface area contributed by atoms with Crippen LogP contribution in [0, 0.1) is 0 Å². The SMILES string of the molecule is O=C(O)CCNC(=O)[C@H](Cc1ccccc1)OP(=O)(O)OCc1ccccc1. The molecule has 2 rings (SSSR count). The molecule has 0 spiro atoms. The van der Waals surface area contributed by atoms with Gasteiger partial charge in [0.15, 0.2) is 6.10 Å². The zero-order valence-corrected chi connectivity index (χ0v) is 16.0. The molecule has 0 fully saturated rings. The van der Waals surface area contributed by atoms with Gasteiger partial charge in [0.05, 0.1) is 13.0 Å². The fraction of sp³-hybridized carbons (Fsp3) is 0.263. The van der Waals surface area contributed by atoms with Gasteiger partial charge >= 0.3 is 13.8 Å². The minimum atomic E-state index is -4.53. The summed E-state index contributed by atoms with van der Waals surface area (Å²) >= 11 is 0. The van der Waals surface area contributed by atoms with Crippen LogP contribution in [0.3, 0.4) is 0 Å². The molecular weight excluding hydrogens is 385 g/mol. The number of rotatable bonds is 11. The van der Waals surface area contributed by atoms with Crippen LogP contribution < -0.4 is 5.32 Å². The van der Waals surface area contributed by atoms with Crippen LogP contribution in [0.25, 0.3) is 0 Å². The molecule has 0 radical (unpaired) electrons. The molecular formula is C19H22NO7P. The Labute approximate surface area is 162 Å². The van der Waals surface area contributed by atoms with E-state index in [4.69, 9.17) is 14.2 Å². The molecule has 0 saturated heterocycles. The van der Waals surface area contributed by atoms with Crippen molar-refractivity contribution < 1.29 is 33.2 Å². The van der Waals surface area contributed by atoms with E-state index in [1.165, 1.54) is 0 Å². The Morgan fingerprint density at radius 3 is 2.14 bits per heavy atom. The second-order valence-corrected chi connectivity index (χ2v) is 7.35. The van der Waals surface area contributed by atoms with Gasteiger partial charge in [0, 0.05) is 13.0 Å². The lowest BCUT2D eigenvalue weighted by Gasteiger charge is -2.20. The van der Waals surface area contributed by atoms with Gasteiger partial charge in [-0.15, -0.1) is 0 Å². The zero-order valence-electron chi connectivity index (χ0n) is 15.1. The van der Waals surface area contributed by atoms with E-state index in [1.807, 2.05) is 0 Å². The predicted octanol–water partition coefficient (Wildman–Crippen LogP) is 2.52. The van der Waals surface area contributed by atoms with Gasteiger partial charge in [-0.25, -0.2) is 4.57 Å². The van der Waals surface area contributed by atoms with Crippen molar-refractivity contribution in [2.24, 2.45) is 0 Å². The van der Waals surface area contributed by atoms with Crippen molar-refractivity contribution in [1.29, 1.82) is 0 Å². The molecule has 0 aromatic heterocycles. The van der Waals surface area contributed by atoms with Crippen LogP contribution in [0.15, 0.2) is 60.7 Å². The molecule has 8 nitrogen and oxygen atoms in total. The first-order valence-corrected chi connectivity index (χ1v) is 10.1. The smallest absolute Gasteiger partial charge is 0.473 e.